The van der Waals surface area contributed by atoms with E-state index in [1.807, 2.05) is 0 Å². The van der Waals surface area contributed by atoms with Crippen molar-refractivity contribution in [3.05, 3.63) is 0 Å². The first-order chi connectivity index (χ1) is 6.48. The Morgan fingerprint density at radius 3 is 2.86 bits per heavy atom. The van der Waals surface area contributed by atoms with E-state index in [-0.39, 0.29) is 6.10 Å². The van der Waals surface area contributed by atoms with Crippen molar-refractivity contribution in [1.82, 2.24) is 5.06 Å². The van der Waals surface area contributed by atoms with Gasteiger partial charge in [0.15, 0.2) is 6.23 Å². The van der Waals surface area contributed by atoms with Gasteiger partial charge >= 0.3 is 12.1 Å². The number of rotatable bonds is 1. The van der Waals surface area contributed by atoms with E-state index >= 15 is 0 Å². The molecule has 0 spiro atoms. The average molecular weight is 211 g/mol. The van der Waals surface area contributed by atoms with Gasteiger partial charge in [-0.05, 0) is 12.8 Å². The van der Waals surface area contributed by atoms with Crippen LogP contribution in [0.4, 0.5) is 13.2 Å². The molecule has 14 heavy (non-hydrogen) atoms. The Morgan fingerprint density at radius 2 is 2.21 bits per heavy atom. The molecule has 4 nitrogen and oxygen atoms in total. The Labute approximate surface area is 77.5 Å². The van der Waals surface area contributed by atoms with Gasteiger partial charge in [-0.3, -0.25) is 0 Å². The molecule has 0 saturated carbocycles. The number of carbonyl (C=O) groups is 1. The van der Waals surface area contributed by atoms with Gasteiger partial charge < -0.3 is 9.57 Å². The molecule has 0 aliphatic carbocycles. The van der Waals surface area contributed by atoms with Crippen LogP contribution in [-0.4, -0.2) is 36.1 Å². The number of halogens is 3. The van der Waals surface area contributed by atoms with Gasteiger partial charge in [-0.2, -0.15) is 13.2 Å². The molecule has 2 fully saturated rings. The molecular weight excluding hydrogens is 203 g/mol. The standard InChI is InChI=1S/C7H8F3NO3/c8-7(9,10)6(12)14-11-3-1-2-4-5(11)13-4/h4-5H,1-3H2. The number of hydrogen-bond donors (Lipinski definition) is 0. The predicted octanol–water partition coefficient (Wildman–Crippen LogP) is 0.828. The first kappa shape index (κ1) is 9.72. The van der Waals surface area contributed by atoms with Crippen molar-refractivity contribution < 1.29 is 27.5 Å². The highest BCUT2D eigenvalue weighted by Gasteiger charge is 2.51. The fourth-order valence-electron chi connectivity index (χ4n) is 1.43. The van der Waals surface area contributed by atoms with Crippen molar-refractivity contribution in [2.24, 2.45) is 0 Å². The van der Waals surface area contributed by atoms with Crippen molar-refractivity contribution in [2.45, 2.75) is 31.3 Å². The van der Waals surface area contributed by atoms with Crippen LogP contribution in [0.5, 0.6) is 0 Å². The lowest BCUT2D eigenvalue weighted by atomic mass is 10.2. The fourth-order valence-corrected chi connectivity index (χ4v) is 1.43. The molecule has 80 valence electrons. The van der Waals surface area contributed by atoms with Gasteiger partial charge in [-0.15, -0.1) is 5.06 Å². The number of hydrogen-bond acceptors (Lipinski definition) is 4. The Morgan fingerprint density at radius 1 is 1.50 bits per heavy atom. The zero-order chi connectivity index (χ0) is 10.3. The molecule has 2 heterocycles. The van der Waals surface area contributed by atoms with Crippen LogP contribution in [0.1, 0.15) is 12.8 Å². The van der Waals surface area contributed by atoms with Crippen LogP contribution in [0.25, 0.3) is 0 Å². The summed E-state index contributed by atoms with van der Waals surface area (Å²) in [6.45, 7) is 0.295. The topological polar surface area (TPSA) is 42.1 Å². The van der Waals surface area contributed by atoms with Crippen LogP contribution < -0.4 is 0 Å². The lowest BCUT2D eigenvalue weighted by molar-refractivity contribution is -0.246. The largest absolute Gasteiger partial charge is 0.492 e. The molecule has 0 amide bonds. The van der Waals surface area contributed by atoms with E-state index < -0.39 is 18.4 Å². The Hall–Kier alpha value is -0.820. The Balaban J connectivity index is 1.88. The van der Waals surface area contributed by atoms with Gasteiger partial charge in [0.1, 0.15) is 6.10 Å². The number of carbonyl (C=O) groups excluding carboxylic acids is 1. The summed E-state index contributed by atoms with van der Waals surface area (Å²) in [5.41, 5.74) is 0. The average Bonchev–Trinajstić information content (AvgIpc) is 2.81. The molecule has 0 aromatic heterocycles. The number of ether oxygens (including phenoxy) is 1. The van der Waals surface area contributed by atoms with Gasteiger partial charge in [0.2, 0.25) is 0 Å². The minimum Gasteiger partial charge on any atom is -0.358 e. The van der Waals surface area contributed by atoms with E-state index in [4.69, 9.17) is 4.74 Å². The summed E-state index contributed by atoms with van der Waals surface area (Å²) < 4.78 is 40.4. The number of nitrogens with zero attached hydrogens (tertiary/aromatic N) is 1. The van der Waals surface area contributed by atoms with Crippen LogP contribution in [-0.2, 0) is 14.4 Å². The van der Waals surface area contributed by atoms with Crippen molar-refractivity contribution in [1.29, 1.82) is 0 Å². The number of hydroxylamine groups is 2. The van der Waals surface area contributed by atoms with E-state index in [2.05, 4.69) is 4.84 Å². The summed E-state index contributed by atoms with van der Waals surface area (Å²) >= 11 is 0. The second-order valence-corrected chi connectivity index (χ2v) is 3.22. The number of fused-ring (bicyclic) bond motifs is 1. The SMILES string of the molecule is O=C(ON1CCCC2OC21)C(F)(F)F. The van der Waals surface area contributed by atoms with Crippen LogP contribution in [0, 0.1) is 0 Å². The molecule has 2 rings (SSSR count). The number of alkyl halides is 3. The van der Waals surface area contributed by atoms with Crippen LogP contribution in [0.15, 0.2) is 0 Å². The molecule has 0 radical (unpaired) electrons. The molecule has 2 unspecified atom stereocenters. The maximum atomic E-state index is 11.8. The minimum absolute atomic E-state index is 0.0650. The normalized spacial score (nSPS) is 32.2. The maximum Gasteiger partial charge on any atom is 0.492 e. The molecule has 2 aliphatic heterocycles. The molecule has 0 bridgehead atoms. The molecule has 2 saturated heterocycles. The molecule has 0 aromatic carbocycles. The van der Waals surface area contributed by atoms with Gasteiger partial charge in [-0.25, -0.2) is 4.79 Å². The van der Waals surface area contributed by atoms with Crippen LogP contribution in [0.3, 0.4) is 0 Å². The summed E-state index contributed by atoms with van der Waals surface area (Å²) in [6.07, 6.45) is -3.99. The number of epoxide rings is 1. The van der Waals surface area contributed by atoms with Crippen LogP contribution in [0.2, 0.25) is 0 Å². The minimum atomic E-state index is -4.94. The second-order valence-electron chi connectivity index (χ2n) is 3.22. The zero-order valence-electron chi connectivity index (χ0n) is 7.08. The molecule has 0 aromatic rings. The number of piperidine rings is 1. The molecular formula is C7H8F3NO3. The van der Waals surface area contributed by atoms with Gasteiger partial charge in [-0.1, -0.05) is 0 Å². The van der Waals surface area contributed by atoms with Crippen molar-refractivity contribution in [3.8, 4) is 0 Å². The van der Waals surface area contributed by atoms with E-state index in [9.17, 15) is 18.0 Å². The summed E-state index contributed by atoms with van der Waals surface area (Å²) in [6, 6.07) is 0. The van der Waals surface area contributed by atoms with E-state index in [0.29, 0.717) is 13.0 Å². The second kappa shape index (κ2) is 3.09. The van der Waals surface area contributed by atoms with E-state index in [0.717, 1.165) is 11.5 Å². The quantitative estimate of drug-likeness (QED) is 0.602. The molecule has 7 heteroatoms. The summed E-state index contributed by atoms with van der Waals surface area (Å²) in [5, 5.41) is 0.962. The summed E-state index contributed by atoms with van der Waals surface area (Å²) in [7, 11) is 0. The van der Waals surface area contributed by atoms with Gasteiger partial charge in [0.05, 0.1) is 0 Å². The van der Waals surface area contributed by atoms with Gasteiger partial charge in [0, 0.05) is 6.54 Å². The zero-order valence-corrected chi connectivity index (χ0v) is 7.08. The predicted molar refractivity (Wildman–Crippen MR) is 36.7 cm³/mol. The Bertz CT molecular complexity index is 255. The van der Waals surface area contributed by atoms with Crippen molar-refractivity contribution in [3.63, 3.8) is 0 Å². The lowest BCUT2D eigenvalue weighted by Crippen LogP contribution is -2.39. The monoisotopic (exact) mass is 211 g/mol. The Kier molecular flexibility index (Phi) is 2.15. The first-order valence-corrected chi connectivity index (χ1v) is 4.20. The summed E-state index contributed by atoms with van der Waals surface area (Å²) in [5.74, 6) is -2.19. The third kappa shape index (κ3) is 1.83. The van der Waals surface area contributed by atoms with E-state index in [1.165, 1.54) is 0 Å². The van der Waals surface area contributed by atoms with Crippen LogP contribution >= 0.6 is 0 Å². The maximum absolute atomic E-state index is 11.8. The van der Waals surface area contributed by atoms with E-state index in [1.54, 1.807) is 0 Å². The summed E-state index contributed by atoms with van der Waals surface area (Å²) in [4.78, 5) is 14.6. The molecule has 2 aliphatic rings. The highest BCUT2D eigenvalue weighted by Crippen LogP contribution is 2.35. The highest BCUT2D eigenvalue weighted by atomic mass is 19.4. The first-order valence-electron chi connectivity index (χ1n) is 4.20. The third-order valence-electron chi connectivity index (χ3n) is 2.14. The van der Waals surface area contributed by atoms with Gasteiger partial charge in [0.25, 0.3) is 0 Å². The van der Waals surface area contributed by atoms with Crippen molar-refractivity contribution >= 4 is 5.97 Å². The molecule has 2 atom stereocenters. The highest BCUT2D eigenvalue weighted by molar-refractivity contribution is 5.75. The van der Waals surface area contributed by atoms with Crippen molar-refractivity contribution in [2.75, 3.05) is 6.54 Å². The fraction of sp³-hybridized carbons (Fsp3) is 0.857. The molecule has 0 N–H and O–H groups in total. The lowest BCUT2D eigenvalue weighted by Gasteiger charge is -2.22. The third-order valence-corrected chi connectivity index (χ3v) is 2.14. The smallest absolute Gasteiger partial charge is 0.358 e.